The average Bonchev–Trinajstić information content (AvgIpc) is 2.67. The van der Waals surface area contributed by atoms with Crippen molar-refractivity contribution in [2.75, 3.05) is 31.2 Å². The third-order valence-electron chi connectivity index (χ3n) is 3.90. The van der Waals surface area contributed by atoms with E-state index in [1.54, 1.807) is 6.20 Å². The van der Waals surface area contributed by atoms with Gasteiger partial charge in [0.25, 0.3) is 0 Å². The van der Waals surface area contributed by atoms with E-state index < -0.39 is 10.0 Å². The van der Waals surface area contributed by atoms with Gasteiger partial charge in [0.15, 0.2) is 0 Å². The molecule has 1 N–H and O–H groups in total. The molecule has 7 nitrogen and oxygen atoms in total. The predicted molar refractivity (Wildman–Crippen MR) is 92.5 cm³/mol. The van der Waals surface area contributed by atoms with Crippen molar-refractivity contribution >= 4 is 15.8 Å². The Morgan fingerprint density at radius 1 is 1.16 bits per heavy atom. The van der Waals surface area contributed by atoms with E-state index in [9.17, 15) is 8.42 Å². The summed E-state index contributed by atoms with van der Waals surface area (Å²) in [5.41, 5.74) is 1.19. The van der Waals surface area contributed by atoms with Gasteiger partial charge < -0.3 is 9.64 Å². The summed E-state index contributed by atoms with van der Waals surface area (Å²) in [4.78, 5) is 6.66. The van der Waals surface area contributed by atoms with Gasteiger partial charge in [0.1, 0.15) is 5.82 Å². The lowest BCUT2D eigenvalue weighted by atomic mass is 10.2. The van der Waals surface area contributed by atoms with Crippen LogP contribution in [-0.4, -0.2) is 39.7 Å². The van der Waals surface area contributed by atoms with Gasteiger partial charge in [0, 0.05) is 25.8 Å². The van der Waals surface area contributed by atoms with Crippen LogP contribution >= 0.6 is 0 Å². The number of pyridine rings is 1. The number of hydrogen-bond acceptors (Lipinski definition) is 6. The normalized spacial score (nSPS) is 14.9. The van der Waals surface area contributed by atoms with E-state index in [-0.39, 0.29) is 11.4 Å². The Balaban J connectivity index is 1.63. The third-order valence-corrected chi connectivity index (χ3v) is 5.32. The number of sulfonamides is 1. The van der Waals surface area contributed by atoms with E-state index >= 15 is 0 Å². The van der Waals surface area contributed by atoms with E-state index in [4.69, 9.17) is 10.00 Å². The lowest BCUT2D eigenvalue weighted by Crippen LogP contribution is -2.36. The van der Waals surface area contributed by atoms with Gasteiger partial charge in [-0.3, -0.25) is 0 Å². The van der Waals surface area contributed by atoms with Gasteiger partial charge >= 0.3 is 0 Å². The molecule has 25 heavy (non-hydrogen) atoms. The minimum Gasteiger partial charge on any atom is -0.378 e. The Kier molecular flexibility index (Phi) is 5.28. The molecule has 0 bridgehead atoms. The molecule has 3 rings (SSSR count). The molecule has 0 amide bonds. The molecule has 1 aromatic carbocycles. The molecule has 2 aromatic rings. The molecule has 1 saturated heterocycles. The van der Waals surface area contributed by atoms with Crippen molar-refractivity contribution < 1.29 is 13.2 Å². The lowest BCUT2D eigenvalue weighted by Gasteiger charge is -2.27. The fraction of sp³-hybridized carbons (Fsp3) is 0.294. The average molecular weight is 358 g/mol. The summed E-state index contributed by atoms with van der Waals surface area (Å²) < 4.78 is 32.4. The summed E-state index contributed by atoms with van der Waals surface area (Å²) in [5, 5.41) is 8.77. The largest absolute Gasteiger partial charge is 0.378 e. The molecule has 0 radical (unpaired) electrons. The molecule has 1 fully saturated rings. The molecule has 1 aliphatic heterocycles. The van der Waals surface area contributed by atoms with E-state index in [1.807, 2.05) is 18.2 Å². The van der Waals surface area contributed by atoms with Gasteiger partial charge in [-0.25, -0.2) is 18.1 Å². The molecule has 1 aliphatic rings. The minimum absolute atomic E-state index is 0.129. The highest BCUT2D eigenvalue weighted by atomic mass is 32.2. The van der Waals surface area contributed by atoms with Crippen LogP contribution in [0, 0.1) is 11.3 Å². The number of morpholine rings is 1. The maximum atomic E-state index is 12.3. The van der Waals surface area contributed by atoms with Gasteiger partial charge in [-0.1, -0.05) is 6.07 Å². The van der Waals surface area contributed by atoms with Crippen LogP contribution in [0.15, 0.2) is 47.5 Å². The van der Waals surface area contributed by atoms with Crippen molar-refractivity contribution in [1.82, 2.24) is 9.71 Å². The molecule has 0 spiro atoms. The molecule has 8 heteroatoms. The second kappa shape index (κ2) is 7.61. The van der Waals surface area contributed by atoms with Crippen molar-refractivity contribution in [2.45, 2.75) is 11.4 Å². The van der Waals surface area contributed by atoms with Crippen molar-refractivity contribution in [1.29, 1.82) is 5.26 Å². The van der Waals surface area contributed by atoms with Crippen LogP contribution in [0.3, 0.4) is 0 Å². The van der Waals surface area contributed by atoms with E-state index in [1.165, 1.54) is 24.3 Å². The summed E-state index contributed by atoms with van der Waals surface area (Å²) in [5.74, 6) is 0.863. The smallest absolute Gasteiger partial charge is 0.240 e. The Morgan fingerprint density at radius 2 is 1.88 bits per heavy atom. The van der Waals surface area contributed by atoms with Crippen molar-refractivity contribution in [3.63, 3.8) is 0 Å². The first-order valence-corrected chi connectivity index (χ1v) is 9.34. The Hall–Kier alpha value is -2.47. The summed E-state index contributed by atoms with van der Waals surface area (Å²) in [6.45, 7) is 3.13. The second-order valence-corrected chi connectivity index (χ2v) is 7.35. The van der Waals surface area contributed by atoms with Crippen LogP contribution in [-0.2, 0) is 21.3 Å². The number of benzene rings is 1. The fourth-order valence-electron chi connectivity index (χ4n) is 2.47. The quantitative estimate of drug-likeness (QED) is 0.865. The number of aromatic nitrogens is 1. The number of nitriles is 1. The highest BCUT2D eigenvalue weighted by Gasteiger charge is 2.15. The van der Waals surface area contributed by atoms with E-state index in [0.29, 0.717) is 18.8 Å². The molecule has 0 aliphatic carbocycles. The monoisotopic (exact) mass is 358 g/mol. The lowest BCUT2D eigenvalue weighted by molar-refractivity contribution is 0.122. The predicted octanol–water partition coefficient (Wildman–Crippen LogP) is 1.27. The zero-order chi connectivity index (χ0) is 17.7. The topological polar surface area (TPSA) is 95.3 Å². The SMILES string of the molecule is N#Cc1ccc(S(=O)(=O)NCc2ccc(N3CCOCC3)nc2)cc1. The molecule has 2 heterocycles. The number of ether oxygens (including phenoxy) is 1. The number of nitrogens with zero attached hydrogens (tertiary/aromatic N) is 3. The summed E-state index contributed by atoms with van der Waals surface area (Å²) >= 11 is 0. The number of anilines is 1. The molecular weight excluding hydrogens is 340 g/mol. The van der Waals surface area contributed by atoms with Crippen LogP contribution in [0.2, 0.25) is 0 Å². The highest BCUT2D eigenvalue weighted by molar-refractivity contribution is 7.89. The molecule has 130 valence electrons. The maximum Gasteiger partial charge on any atom is 0.240 e. The molecular formula is C17H18N4O3S. The Morgan fingerprint density at radius 3 is 2.48 bits per heavy atom. The van der Waals surface area contributed by atoms with Gasteiger partial charge in [0.2, 0.25) is 10.0 Å². The number of hydrogen-bond donors (Lipinski definition) is 1. The van der Waals surface area contributed by atoms with Gasteiger partial charge in [-0.05, 0) is 35.9 Å². The first-order chi connectivity index (χ1) is 12.1. The minimum atomic E-state index is -3.63. The summed E-state index contributed by atoms with van der Waals surface area (Å²) in [7, 11) is -3.63. The Bertz CT molecular complexity index is 852. The Labute approximate surface area is 146 Å². The first-order valence-electron chi connectivity index (χ1n) is 7.86. The second-order valence-electron chi connectivity index (χ2n) is 5.58. The maximum absolute atomic E-state index is 12.3. The van der Waals surface area contributed by atoms with Crippen molar-refractivity contribution in [3.05, 3.63) is 53.7 Å². The van der Waals surface area contributed by atoms with E-state index in [0.717, 1.165) is 24.5 Å². The zero-order valence-electron chi connectivity index (χ0n) is 13.6. The van der Waals surface area contributed by atoms with Crippen LogP contribution < -0.4 is 9.62 Å². The van der Waals surface area contributed by atoms with Gasteiger partial charge in [-0.15, -0.1) is 0 Å². The molecule has 0 saturated carbocycles. The van der Waals surface area contributed by atoms with Crippen LogP contribution in [0.25, 0.3) is 0 Å². The zero-order valence-corrected chi connectivity index (χ0v) is 14.4. The van der Waals surface area contributed by atoms with Gasteiger partial charge in [0.05, 0.1) is 29.7 Å². The van der Waals surface area contributed by atoms with Crippen LogP contribution in [0.1, 0.15) is 11.1 Å². The number of rotatable bonds is 5. The van der Waals surface area contributed by atoms with E-state index in [2.05, 4.69) is 14.6 Å². The van der Waals surface area contributed by atoms with Crippen molar-refractivity contribution in [2.24, 2.45) is 0 Å². The third kappa shape index (κ3) is 4.33. The highest BCUT2D eigenvalue weighted by Crippen LogP contribution is 2.14. The van der Waals surface area contributed by atoms with Gasteiger partial charge in [-0.2, -0.15) is 5.26 Å². The molecule has 1 aromatic heterocycles. The first kappa shape index (κ1) is 17.4. The summed E-state index contributed by atoms with van der Waals surface area (Å²) in [6, 6.07) is 11.5. The molecule has 0 unspecified atom stereocenters. The van der Waals surface area contributed by atoms with Crippen molar-refractivity contribution in [3.8, 4) is 6.07 Å². The molecule has 0 atom stereocenters. The fourth-order valence-corrected chi connectivity index (χ4v) is 3.49. The number of nitrogens with one attached hydrogen (secondary N) is 1. The summed E-state index contributed by atoms with van der Waals surface area (Å²) in [6.07, 6.45) is 1.67. The standard InChI is InChI=1S/C17H18N4O3S/c18-11-14-1-4-16(5-2-14)25(22,23)20-13-15-3-6-17(19-12-15)21-7-9-24-10-8-21/h1-6,12,20H,7-10,13H2. The van der Waals surface area contributed by atoms with Crippen LogP contribution in [0.5, 0.6) is 0 Å². The van der Waals surface area contributed by atoms with Crippen LogP contribution in [0.4, 0.5) is 5.82 Å².